The fraction of sp³-hybridized carbons (Fsp3) is 0.0526. The molecule has 0 aliphatic rings. The minimum Gasteiger partial charge on any atom is -0.347 e. The van der Waals surface area contributed by atoms with Crippen molar-refractivity contribution >= 4 is 12.0 Å². The van der Waals surface area contributed by atoms with Crippen molar-refractivity contribution in [3.05, 3.63) is 89.5 Å². The molecule has 0 aliphatic carbocycles. The number of nitriles is 1. The van der Waals surface area contributed by atoms with Crippen molar-refractivity contribution in [2.75, 3.05) is 0 Å². The minimum atomic E-state index is -0.371. The summed E-state index contributed by atoms with van der Waals surface area (Å²) in [5, 5.41) is 11.8. The summed E-state index contributed by atoms with van der Waals surface area (Å²) < 4.78 is 0. The van der Waals surface area contributed by atoms with E-state index in [9.17, 15) is 4.79 Å². The summed E-state index contributed by atoms with van der Waals surface area (Å²) in [7, 11) is 0. The molecule has 0 atom stereocenters. The lowest BCUT2D eigenvalue weighted by Crippen LogP contribution is -2.23. The van der Waals surface area contributed by atoms with Gasteiger partial charge in [-0.2, -0.15) is 5.26 Å². The van der Waals surface area contributed by atoms with Gasteiger partial charge in [-0.15, -0.1) is 0 Å². The highest BCUT2D eigenvalue weighted by Gasteiger charge is 2.06. The normalized spacial score (nSPS) is 11.1. The van der Waals surface area contributed by atoms with Crippen molar-refractivity contribution in [2.24, 2.45) is 0 Å². The van der Waals surface area contributed by atoms with Gasteiger partial charge in [-0.25, -0.2) is 0 Å². The number of hydrogen-bond donors (Lipinski definition) is 1. The van der Waals surface area contributed by atoms with E-state index in [1.165, 1.54) is 6.08 Å². The number of carbonyl (C=O) groups is 1. The van der Waals surface area contributed by atoms with E-state index in [-0.39, 0.29) is 11.5 Å². The first-order chi connectivity index (χ1) is 10.8. The predicted octanol–water partition coefficient (Wildman–Crippen LogP) is 3.47. The Morgan fingerprint density at radius 1 is 1.05 bits per heavy atom. The molecule has 0 aromatic heterocycles. The number of rotatable bonds is 5. The largest absolute Gasteiger partial charge is 0.347 e. The van der Waals surface area contributed by atoms with Crippen molar-refractivity contribution in [2.45, 2.75) is 6.54 Å². The topological polar surface area (TPSA) is 52.9 Å². The Hall–Kier alpha value is -3.12. The van der Waals surface area contributed by atoms with Crippen LogP contribution in [0, 0.1) is 11.3 Å². The Balaban J connectivity index is 1.95. The van der Waals surface area contributed by atoms with E-state index in [1.807, 2.05) is 72.8 Å². The van der Waals surface area contributed by atoms with Gasteiger partial charge in [0.15, 0.2) is 0 Å². The second-order valence-corrected chi connectivity index (χ2v) is 4.63. The van der Waals surface area contributed by atoms with Crippen LogP contribution in [0.4, 0.5) is 0 Å². The number of nitrogens with zero attached hydrogens (tertiary/aromatic N) is 1. The number of amides is 1. The van der Waals surface area contributed by atoms with E-state index in [4.69, 9.17) is 5.26 Å². The molecule has 0 aliphatic heterocycles. The van der Waals surface area contributed by atoms with E-state index < -0.39 is 0 Å². The van der Waals surface area contributed by atoms with E-state index >= 15 is 0 Å². The number of nitrogens with one attached hydrogen (secondary N) is 1. The quantitative estimate of drug-likeness (QED) is 0.520. The van der Waals surface area contributed by atoms with E-state index in [0.717, 1.165) is 11.1 Å². The maximum atomic E-state index is 12.0. The Morgan fingerprint density at radius 3 is 2.32 bits per heavy atom. The van der Waals surface area contributed by atoms with E-state index in [0.29, 0.717) is 6.54 Å². The van der Waals surface area contributed by atoms with Gasteiger partial charge in [0.25, 0.3) is 5.91 Å². The van der Waals surface area contributed by atoms with Crippen molar-refractivity contribution in [3.63, 3.8) is 0 Å². The van der Waals surface area contributed by atoms with Crippen LogP contribution in [0.1, 0.15) is 11.1 Å². The summed E-state index contributed by atoms with van der Waals surface area (Å²) in [6.07, 6.45) is 5.07. The van der Waals surface area contributed by atoms with Crippen molar-refractivity contribution in [1.29, 1.82) is 5.26 Å². The lowest BCUT2D eigenvalue weighted by atomic mass is 10.2. The number of carbonyl (C=O) groups excluding carboxylic acids is 1. The van der Waals surface area contributed by atoms with Crippen LogP contribution >= 0.6 is 0 Å². The van der Waals surface area contributed by atoms with Gasteiger partial charge < -0.3 is 5.32 Å². The van der Waals surface area contributed by atoms with Crippen molar-refractivity contribution < 1.29 is 4.79 Å². The van der Waals surface area contributed by atoms with Gasteiger partial charge in [-0.3, -0.25) is 4.79 Å². The van der Waals surface area contributed by atoms with Crippen LogP contribution < -0.4 is 5.32 Å². The van der Waals surface area contributed by atoms with E-state index in [2.05, 4.69) is 5.32 Å². The molecule has 0 heterocycles. The second kappa shape index (κ2) is 8.23. The number of benzene rings is 2. The molecule has 0 spiro atoms. The van der Waals surface area contributed by atoms with Crippen LogP contribution in [0.15, 0.2) is 78.4 Å². The van der Waals surface area contributed by atoms with Gasteiger partial charge in [0.2, 0.25) is 0 Å². The lowest BCUT2D eigenvalue weighted by Gasteiger charge is -2.03. The molecule has 22 heavy (non-hydrogen) atoms. The molecule has 1 N–H and O–H groups in total. The second-order valence-electron chi connectivity index (χ2n) is 4.63. The molecule has 2 aromatic rings. The monoisotopic (exact) mass is 288 g/mol. The average molecular weight is 288 g/mol. The molecule has 0 unspecified atom stereocenters. The summed E-state index contributed by atoms with van der Waals surface area (Å²) in [5.41, 5.74) is 2.09. The molecule has 3 heteroatoms. The van der Waals surface area contributed by atoms with Crippen LogP contribution in [-0.4, -0.2) is 5.91 Å². The summed E-state index contributed by atoms with van der Waals surface area (Å²) in [5.74, 6) is -0.371. The lowest BCUT2D eigenvalue weighted by molar-refractivity contribution is -0.117. The highest BCUT2D eigenvalue weighted by molar-refractivity contribution is 5.97. The molecule has 2 aromatic carbocycles. The third-order valence-electron chi connectivity index (χ3n) is 3.01. The van der Waals surface area contributed by atoms with Crippen LogP contribution in [0.5, 0.6) is 0 Å². The van der Waals surface area contributed by atoms with Crippen LogP contribution in [0.25, 0.3) is 6.08 Å². The highest BCUT2D eigenvalue weighted by Crippen LogP contribution is 2.03. The molecule has 0 bridgehead atoms. The SMILES string of the molecule is N#C/C(=C\C=C\c1ccccc1)C(=O)NCc1ccccc1. The van der Waals surface area contributed by atoms with Gasteiger partial charge in [0, 0.05) is 6.54 Å². The zero-order valence-corrected chi connectivity index (χ0v) is 12.1. The average Bonchev–Trinajstić information content (AvgIpc) is 2.58. The number of hydrogen-bond acceptors (Lipinski definition) is 2. The first-order valence-corrected chi connectivity index (χ1v) is 6.95. The first-order valence-electron chi connectivity index (χ1n) is 6.95. The fourth-order valence-electron chi connectivity index (χ4n) is 1.86. The fourth-order valence-corrected chi connectivity index (χ4v) is 1.86. The summed E-state index contributed by atoms with van der Waals surface area (Å²) in [6.45, 7) is 0.404. The summed E-state index contributed by atoms with van der Waals surface area (Å²) >= 11 is 0. The number of allylic oxidation sites excluding steroid dienone is 2. The van der Waals surface area contributed by atoms with Gasteiger partial charge in [-0.1, -0.05) is 72.8 Å². The molecule has 0 saturated heterocycles. The summed E-state index contributed by atoms with van der Waals surface area (Å²) in [4.78, 5) is 12.0. The van der Waals surface area contributed by atoms with Crippen LogP contribution in [0.2, 0.25) is 0 Å². The molecular formula is C19H16N2O. The van der Waals surface area contributed by atoms with Gasteiger partial charge >= 0.3 is 0 Å². The maximum Gasteiger partial charge on any atom is 0.262 e. The molecular weight excluding hydrogens is 272 g/mol. The molecule has 0 saturated carbocycles. The molecule has 108 valence electrons. The Morgan fingerprint density at radius 2 is 1.68 bits per heavy atom. The van der Waals surface area contributed by atoms with E-state index in [1.54, 1.807) is 6.08 Å². The standard InChI is InChI=1S/C19H16N2O/c20-14-18(13-7-12-16-8-3-1-4-9-16)19(22)21-15-17-10-5-2-6-11-17/h1-13H,15H2,(H,21,22)/b12-7+,18-13+. The molecule has 1 amide bonds. The van der Waals surface area contributed by atoms with Gasteiger partial charge in [0.1, 0.15) is 11.6 Å². The third-order valence-corrected chi connectivity index (χ3v) is 3.01. The molecule has 0 fully saturated rings. The minimum absolute atomic E-state index is 0.0862. The highest BCUT2D eigenvalue weighted by atomic mass is 16.1. The van der Waals surface area contributed by atoms with Crippen LogP contribution in [0.3, 0.4) is 0 Å². The molecule has 3 nitrogen and oxygen atoms in total. The molecule has 0 radical (unpaired) electrons. The van der Waals surface area contributed by atoms with Crippen molar-refractivity contribution in [3.8, 4) is 6.07 Å². The van der Waals surface area contributed by atoms with Crippen LogP contribution in [-0.2, 0) is 11.3 Å². The predicted molar refractivity (Wildman–Crippen MR) is 87.5 cm³/mol. The van der Waals surface area contributed by atoms with Gasteiger partial charge in [0.05, 0.1) is 0 Å². The zero-order chi connectivity index (χ0) is 15.6. The first kappa shape index (κ1) is 15.3. The summed E-state index contributed by atoms with van der Waals surface area (Å²) in [6, 6.07) is 21.2. The Kier molecular flexibility index (Phi) is 5.71. The smallest absolute Gasteiger partial charge is 0.262 e. The maximum absolute atomic E-state index is 12.0. The Labute approximate surface area is 130 Å². The van der Waals surface area contributed by atoms with Gasteiger partial charge in [-0.05, 0) is 17.2 Å². The third kappa shape index (κ3) is 4.77. The Bertz CT molecular complexity index is 710. The molecule has 2 rings (SSSR count). The van der Waals surface area contributed by atoms with Crippen molar-refractivity contribution in [1.82, 2.24) is 5.32 Å². The zero-order valence-electron chi connectivity index (χ0n) is 12.1.